The number of rotatable bonds is 3. The first kappa shape index (κ1) is 9.93. The van der Waals surface area contributed by atoms with Gasteiger partial charge in [-0.05, 0) is 25.1 Å². The second kappa shape index (κ2) is 4.77. The number of aliphatic imine (C=N–C) groups is 1. The number of hydrogen-bond acceptors (Lipinski definition) is 2. The van der Waals surface area contributed by atoms with Crippen LogP contribution in [0.2, 0.25) is 0 Å². The summed E-state index contributed by atoms with van der Waals surface area (Å²) in [5, 5.41) is 0. The Morgan fingerprint density at radius 1 is 1.54 bits per heavy atom. The second-order valence-electron chi connectivity index (χ2n) is 2.61. The van der Waals surface area contributed by atoms with Gasteiger partial charge in [-0.15, -0.1) is 11.3 Å². The lowest BCUT2D eigenvalue weighted by molar-refractivity contribution is 1.45. The Bertz CT molecular complexity index is 345. The van der Waals surface area contributed by atoms with E-state index < -0.39 is 0 Å². The second-order valence-corrected chi connectivity index (χ2v) is 3.90. The summed E-state index contributed by atoms with van der Waals surface area (Å²) in [6.07, 6.45) is 5.63. The molecular weight excluding hydrogens is 178 g/mol. The van der Waals surface area contributed by atoms with Crippen molar-refractivity contribution in [1.29, 1.82) is 0 Å². The summed E-state index contributed by atoms with van der Waals surface area (Å²) in [7, 11) is 1.80. The van der Waals surface area contributed by atoms with Crippen molar-refractivity contribution in [2.45, 2.75) is 6.92 Å². The summed E-state index contributed by atoms with van der Waals surface area (Å²) in [4.78, 5) is 6.72. The predicted molar refractivity (Wildman–Crippen MR) is 60.9 cm³/mol. The fraction of sp³-hybridized carbons (Fsp3) is 0.182. The highest BCUT2D eigenvalue weighted by molar-refractivity contribution is 7.14. The average molecular weight is 191 g/mol. The molecule has 13 heavy (non-hydrogen) atoms. The molecule has 0 fully saturated rings. The van der Waals surface area contributed by atoms with E-state index in [2.05, 4.69) is 30.6 Å². The lowest BCUT2D eigenvalue weighted by Crippen LogP contribution is -1.91. The zero-order chi connectivity index (χ0) is 9.68. The zero-order valence-corrected chi connectivity index (χ0v) is 8.77. The van der Waals surface area contributed by atoms with Crippen LogP contribution in [0.3, 0.4) is 0 Å². The normalized spacial score (nSPS) is 12.3. The maximum Gasteiger partial charge on any atom is 0.0742 e. The molecule has 2 heteroatoms. The highest BCUT2D eigenvalue weighted by Crippen LogP contribution is 2.16. The molecule has 1 rings (SSSR count). The molecule has 0 aliphatic rings. The molecule has 0 aliphatic carbocycles. The first-order chi connectivity index (χ1) is 6.27. The Balaban J connectivity index is 2.91. The van der Waals surface area contributed by atoms with Gasteiger partial charge in [0.05, 0.1) is 10.6 Å². The molecule has 0 bridgehead atoms. The van der Waals surface area contributed by atoms with E-state index in [1.54, 1.807) is 24.5 Å². The topological polar surface area (TPSA) is 12.4 Å². The SMILES string of the molecule is C=C/C=C\C(=NC)c1ccc(C)s1. The van der Waals surface area contributed by atoms with Crippen molar-refractivity contribution < 1.29 is 0 Å². The van der Waals surface area contributed by atoms with Gasteiger partial charge in [-0.1, -0.05) is 18.7 Å². The third-order valence-electron chi connectivity index (χ3n) is 1.62. The van der Waals surface area contributed by atoms with E-state index in [-0.39, 0.29) is 0 Å². The standard InChI is InChI=1S/C11H13NS/c1-4-5-6-10(12-3)11-8-7-9(2)13-11/h4-8H,1H2,2-3H3/b6-5-,12-10?. The minimum atomic E-state index is 1.01. The maximum atomic E-state index is 4.20. The van der Waals surface area contributed by atoms with Gasteiger partial charge in [-0.3, -0.25) is 4.99 Å². The highest BCUT2D eigenvalue weighted by Gasteiger charge is 2.00. The van der Waals surface area contributed by atoms with Crippen LogP contribution in [0.15, 0.2) is 41.9 Å². The molecule has 0 saturated carbocycles. The number of nitrogens with zero attached hydrogens (tertiary/aromatic N) is 1. The van der Waals surface area contributed by atoms with Gasteiger partial charge in [0.15, 0.2) is 0 Å². The zero-order valence-electron chi connectivity index (χ0n) is 7.95. The van der Waals surface area contributed by atoms with Crippen LogP contribution in [0.1, 0.15) is 9.75 Å². The molecule has 0 spiro atoms. The van der Waals surface area contributed by atoms with Gasteiger partial charge in [-0.2, -0.15) is 0 Å². The Hall–Kier alpha value is -1.15. The van der Waals surface area contributed by atoms with E-state index in [0.29, 0.717) is 0 Å². The van der Waals surface area contributed by atoms with E-state index >= 15 is 0 Å². The van der Waals surface area contributed by atoms with Crippen molar-refractivity contribution in [3.8, 4) is 0 Å². The third kappa shape index (κ3) is 2.67. The van der Waals surface area contributed by atoms with Gasteiger partial charge in [0.1, 0.15) is 0 Å². The lowest BCUT2D eigenvalue weighted by atomic mass is 10.3. The summed E-state index contributed by atoms with van der Waals surface area (Å²) >= 11 is 1.75. The first-order valence-corrected chi connectivity index (χ1v) is 4.92. The fourth-order valence-electron chi connectivity index (χ4n) is 0.998. The van der Waals surface area contributed by atoms with Crippen molar-refractivity contribution in [1.82, 2.24) is 0 Å². The van der Waals surface area contributed by atoms with Crippen molar-refractivity contribution in [2.24, 2.45) is 4.99 Å². The Kier molecular flexibility index (Phi) is 3.65. The van der Waals surface area contributed by atoms with Crippen LogP contribution in [0.4, 0.5) is 0 Å². The third-order valence-corrected chi connectivity index (χ3v) is 2.65. The summed E-state index contributed by atoms with van der Waals surface area (Å²) in [6.45, 7) is 5.72. The van der Waals surface area contributed by atoms with Gasteiger partial charge in [0, 0.05) is 11.9 Å². The monoisotopic (exact) mass is 191 g/mol. The molecule has 0 amide bonds. The average Bonchev–Trinajstić information content (AvgIpc) is 2.54. The Labute approximate surface area is 83.1 Å². The molecule has 0 radical (unpaired) electrons. The van der Waals surface area contributed by atoms with Crippen LogP contribution >= 0.6 is 11.3 Å². The van der Waals surface area contributed by atoms with Gasteiger partial charge in [0.25, 0.3) is 0 Å². The number of aryl methyl sites for hydroxylation is 1. The van der Waals surface area contributed by atoms with Crippen LogP contribution < -0.4 is 0 Å². The molecule has 0 unspecified atom stereocenters. The first-order valence-electron chi connectivity index (χ1n) is 4.10. The van der Waals surface area contributed by atoms with Gasteiger partial charge in [-0.25, -0.2) is 0 Å². The number of hydrogen-bond donors (Lipinski definition) is 0. The van der Waals surface area contributed by atoms with E-state index in [4.69, 9.17) is 0 Å². The fourth-order valence-corrected chi connectivity index (χ4v) is 1.88. The van der Waals surface area contributed by atoms with Crippen LogP contribution in [-0.4, -0.2) is 12.8 Å². The lowest BCUT2D eigenvalue weighted by Gasteiger charge is -1.93. The van der Waals surface area contributed by atoms with Crippen molar-refractivity contribution in [2.75, 3.05) is 7.05 Å². The predicted octanol–water partition coefficient (Wildman–Crippen LogP) is 3.22. The molecule has 0 saturated heterocycles. The summed E-state index contributed by atoms with van der Waals surface area (Å²) in [6, 6.07) is 4.20. The summed E-state index contributed by atoms with van der Waals surface area (Å²) in [5.41, 5.74) is 1.01. The van der Waals surface area contributed by atoms with E-state index in [0.717, 1.165) is 5.71 Å². The van der Waals surface area contributed by atoms with Gasteiger partial charge in [0.2, 0.25) is 0 Å². The highest BCUT2D eigenvalue weighted by atomic mass is 32.1. The molecule has 1 heterocycles. The van der Waals surface area contributed by atoms with Crippen LogP contribution in [0.5, 0.6) is 0 Å². The Morgan fingerprint density at radius 3 is 2.77 bits per heavy atom. The largest absolute Gasteiger partial charge is 0.287 e. The number of thiophene rings is 1. The van der Waals surface area contributed by atoms with Gasteiger partial charge < -0.3 is 0 Å². The van der Waals surface area contributed by atoms with Crippen LogP contribution in [0, 0.1) is 6.92 Å². The van der Waals surface area contributed by atoms with Crippen molar-refractivity contribution >= 4 is 17.0 Å². The van der Waals surface area contributed by atoms with Crippen molar-refractivity contribution in [3.63, 3.8) is 0 Å². The molecule has 0 aliphatic heterocycles. The van der Waals surface area contributed by atoms with E-state index in [1.807, 2.05) is 12.2 Å². The molecule has 1 aromatic rings. The quantitative estimate of drug-likeness (QED) is 0.514. The molecule has 0 aromatic carbocycles. The summed E-state index contributed by atoms with van der Waals surface area (Å²) < 4.78 is 0. The number of allylic oxidation sites excluding steroid dienone is 3. The van der Waals surface area contributed by atoms with E-state index in [9.17, 15) is 0 Å². The maximum absolute atomic E-state index is 4.20. The van der Waals surface area contributed by atoms with E-state index in [1.165, 1.54) is 9.75 Å². The van der Waals surface area contributed by atoms with Crippen LogP contribution in [-0.2, 0) is 0 Å². The molecule has 68 valence electrons. The molecule has 1 aromatic heterocycles. The summed E-state index contributed by atoms with van der Waals surface area (Å²) in [5.74, 6) is 0. The van der Waals surface area contributed by atoms with Crippen LogP contribution in [0.25, 0.3) is 0 Å². The smallest absolute Gasteiger partial charge is 0.0742 e. The minimum absolute atomic E-state index is 1.01. The Morgan fingerprint density at radius 2 is 2.31 bits per heavy atom. The van der Waals surface area contributed by atoms with Crippen molar-refractivity contribution in [3.05, 3.63) is 46.7 Å². The molecule has 0 atom stereocenters. The molecular formula is C11H13NS. The minimum Gasteiger partial charge on any atom is -0.287 e. The van der Waals surface area contributed by atoms with Gasteiger partial charge >= 0.3 is 0 Å². The molecule has 0 N–H and O–H groups in total. The molecule has 1 nitrogen and oxygen atoms in total.